The van der Waals surface area contributed by atoms with Crippen molar-refractivity contribution in [1.82, 2.24) is 20.4 Å². The van der Waals surface area contributed by atoms with Crippen molar-refractivity contribution in [2.45, 2.75) is 90.0 Å². The molecule has 2 aliphatic rings. The van der Waals surface area contributed by atoms with Crippen LogP contribution < -0.4 is 20.7 Å². The van der Waals surface area contributed by atoms with Gasteiger partial charge < -0.3 is 20.1 Å². The number of carbonyl (C=O) groups is 3. The highest BCUT2D eigenvalue weighted by Gasteiger charge is 2.29. The lowest BCUT2D eigenvalue weighted by molar-refractivity contribution is -0.124. The average Bonchev–Trinajstić information content (AvgIpc) is 3.49. The molecular formula is C35H42N6O5. The zero-order chi connectivity index (χ0) is 32.3. The fourth-order valence-corrected chi connectivity index (χ4v) is 6.19. The minimum atomic E-state index is -0.774. The Bertz CT molecular complexity index is 1540. The number of carbonyl (C=O) groups excluding carboxylic acids is 3. The van der Waals surface area contributed by atoms with E-state index in [1.165, 1.54) is 30.0 Å². The largest absolute Gasteiger partial charge is 0.491 e. The number of amides is 3. The molecule has 242 valence electrons. The first-order chi connectivity index (χ1) is 22.4. The maximum absolute atomic E-state index is 13.7. The molecule has 2 aromatic carbocycles. The lowest BCUT2D eigenvalue weighted by Gasteiger charge is -2.32. The van der Waals surface area contributed by atoms with Gasteiger partial charge in [0.25, 0.3) is 11.8 Å². The molecule has 11 heteroatoms. The SMILES string of the molecule is Cc1ccc(OCC2CCCCC2)c(NC(=O)c2cc(C(=O)NC#N)nn2CC(=O)N[C@H]2CCCC[C@@H]2OCc2ccccc2)c1. The van der Waals surface area contributed by atoms with Crippen LogP contribution in [0.15, 0.2) is 54.6 Å². The highest BCUT2D eigenvalue weighted by atomic mass is 16.5. The minimum absolute atomic E-state index is 0.00139. The van der Waals surface area contributed by atoms with Crippen molar-refractivity contribution in [2.24, 2.45) is 5.92 Å². The number of anilines is 1. The molecule has 1 heterocycles. The number of hydrogen-bond acceptors (Lipinski definition) is 7. The number of nitrogens with zero attached hydrogens (tertiary/aromatic N) is 3. The van der Waals surface area contributed by atoms with E-state index in [0.29, 0.717) is 30.6 Å². The zero-order valence-corrected chi connectivity index (χ0v) is 26.3. The number of hydrogen-bond donors (Lipinski definition) is 3. The van der Waals surface area contributed by atoms with Crippen LogP contribution in [0.2, 0.25) is 0 Å². The molecule has 3 N–H and O–H groups in total. The molecular weight excluding hydrogens is 584 g/mol. The van der Waals surface area contributed by atoms with Crippen LogP contribution in [0.1, 0.15) is 89.9 Å². The Morgan fingerprint density at radius 1 is 0.957 bits per heavy atom. The van der Waals surface area contributed by atoms with Crippen molar-refractivity contribution in [1.29, 1.82) is 5.26 Å². The predicted molar refractivity (Wildman–Crippen MR) is 172 cm³/mol. The second-order valence-electron chi connectivity index (χ2n) is 12.2. The molecule has 1 aromatic heterocycles. The normalized spacial score (nSPS) is 18.3. The van der Waals surface area contributed by atoms with Gasteiger partial charge in [-0.3, -0.25) is 19.7 Å². The second kappa shape index (κ2) is 16.0. The number of benzene rings is 2. The lowest BCUT2D eigenvalue weighted by atomic mass is 9.90. The molecule has 3 amide bonds. The lowest BCUT2D eigenvalue weighted by Crippen LogP contribution is -2.47. The third kappa shape index (κ3) is 8.95. The van der Waals surface area contributed by atoms with Crippen LogP contribution in [-0.2, 0) is 22.7 Å². The van der Waals surface area contributed by atoms with Crippen molar-refractivity contribution in [3.63, 3.8) is 0 Å². The molecule has 0 saturated heterocycles. The summed E-state index contributed by atoms with van der Waals surface area (Å²) in [5, 5.41) is 21.2. The van der Waals surface area contributed by atoms with Crippen molar-refractivity contribution in [2.75, 3.05) is 11.9 Å². The monoisotopic (exact) mass is 626 g/mol. The van der Waals surface area contributed by atoms with E-state index in [4.69, 9.17) is 14.7 Å². The topological polar surface area (TPSA) is 147 Å². The summed E-state index contributed by atoms with van der Waals surface area (Å²) in [5.41, 5.74) is 2.32. The van der Waals surface area contributed by atoms with Crippen molar-refractivity contribution in [3.05, 3.63) is 77.1 Å². The summed E-state index contributed by atoms with van der Waals surface area (Å²) < 4.78 is 13.6. The van der Waals surface area contributed by atoms with Crippen LogP contribution >= 0.6 is 0 Å². The number of aromatic nitrogens is 2. The van der Waals surface area contributed by atoms with Gasteiger partial charge in [-0.05, 0) is 61.8 Å². The number of ether oxygens (including phenoxy) is 2. The molecule has 0 unspecified atom stereocenters. The fraction of sp³-hybridized carbons (Fsp3) is 0.457. The van der Waals surface area contributed by atoms with Crippen LogP contribution in [0, 0.1) is 24.3 Å². The standard InChI is InChI=1S/C35H42N6O5/c1-24-16-17-32(46-22-26-12-6-3-7-13-26)28(18-24)39-35(44)30-19-29(34(43)37-23-36)40-41(30)20-33(42)38-27-14-8-9-15-31(27)45-21-25-10-4-2-5-11-25/h2,4-5,10-11,16-19,26-27,31H,3,6-9,12-15,20-22H2,1H3,(H,37,43)(H,38,42)(H,39,44)/t27-,31-/m0/s1. The Morgan fingerprint density at radius 3 is 2.50 bits per heavy atom. The van der Waals surface area contributed by atoms with Gasteiger partial charge in [-0.25, -0.2) is 4.68 Å². The smallest absolute Gasteiger partial charge is 0.284 e. The van der Waals surface area contributed by atoms with E-state index in [2.05, 4.69) is 15.7 Å². The zero-order valence-electron chi connectivity index (χ0n) is 26.3. The first kappa shape index (κ1) is 32.7. The molecule has 11 nitrogen and oxygen atoms in total. The van der Waals surface area contributed by atoms with Crippen LogP contribution in [0.25, 0.3) is 0 Å². The van der Waals surface area contributed by atoms with E-state index in [0.717, 1.165) is 49.7 Å². The van der Waals surface area contributed by atoms with Gasteiger partial charge in [0.05, 0.1) is 31.0 Å². The van der Waals surface area contributed by atoms with Crippen LogP contribution in [-0.4, -0.2) is 46.3 Å². The third-order valence-corrected chi connectivity index (χ3v) is 8.65. The summed E-state index contributed by atoms with van der Waals surface area (Å²) in [6.45, 7) is 2.63. The van der Waals surface area contributed by atoms with Crippen LogP contribution in [0.3, 0.4) is 0 Å². The van der Waals surface area contributed by atoms with Gasteiger partial charge >= 0.3 is 0 Å². The summed E-state index contributed by atoms with van der Waals surface area (Å²) in [7, 11) is 0. The van der Waals surface area contributed by atoms with Gasteiger partial charge in [-0.15, -0.1) is 0 Å². The molecule has 2 aliphatic carbocycles. The first-order valence-corrected chi connectivity index (χ1v) is 16.2. The number of nitriles is 1. The molecule has 2 atom stereocenters. The molecule has 0 bridgehead atoms. The van der Waals surface area contributed by atoms with Crippen molar-refractivity contribution in [3.8, 4) is 11.9 Å². The highest BCUT2D eigenvalue weighted by Crippen LogP contribution is 2.30. The Labute approximate surface area is 269 Å². The van der Waals surface area contributed by atoms with Crippen molar-refractivity contribution >= 4 is 23.4 Å². The number of nitrogens with one attached hydrogen (secondary N) is 3. The highest BCUT2D eigenvalue weighted by molar-refractivity contribution is 6.06. The van der Waals surface area contributed by atoms with Gasteiger partial charge in [0, 0.05) is 6.07 Å². The Morgan fingerprint density at radius 2 is 1.72 bits per heavy atom. The van der Waals surface area contributed by atoms with Gasteiger partial charge in [0.2, 0.25) is 5.91 Å². The third-order valence-electron chi connectivity index (χ3n) is 8.65. The minimum Gasteiger partial charge on any atom is -0.491 e. The summed E-state index contributed by atoms with van der Waals surface area (Å²) >= 11 is 0. The number of rotatable bonds is 12. The van der Waals surface area contributed by atoms with Crippen LogP contribution in [0.5, 0.6) is 5.75 Å². The summed E-state index contributed by atoms with van der Waals surface area (Å²) in [5.74, 6) is -0.672. The molecule has 2 saturated carbocycles. The molecule has 46 heavy (non-hydrogen) atoms. The quantitative estimate of drug-likeness (QED) is 0.184. The molecule has 3 aromatic rings. The second-order valence-corrected chi connectivity index (χ2v) is 12.2. The van der Waals surface area contributed by atoms with E-state index in [1.54, 1.807) is 6.19 Å². The Balaban J connectivity index is 1.29. The van der Waals surface area contributed by atoms with Gasteiger partial charge in [0.1, 0.15) is 18.0 Å². The van der Waals surface area contributed by atoms with E-state index in [-0.39, 0.29) is 36.0 Å². The van der Waals surface area contributed by atoms with E-state index >= 15 is 0 Å². The summed E-state index contributed by atoms with van der Waals surface area (Å²) in [4.78, 5) is 39.5. The average molecular weight is 627 g/mol. The van der Waals surface area contributed by atoms with E-state index < -0.39 is 11.8 Å². The number of aryl methyl sites for hydroxylation is 1. The van der Waals surface area contributed by atoms with Crippen molar-refractivity contribution < 1.29 is 23.9 Å². The first-order valence-electron chi connectivity index (χ1n) is 16.2. The van der Waals surface area contributed by atoms with E-state index in [1.807, 2.05) is 60.8 Å². The maximum atomic E-state index is 13.7. The predicted octanol–water partition coefficient (Wildman–Crippen LogP) is 5.26. The fourth-order valence-electron chi connectivity index (χ4n) is 6.19. The van der Waals surface area contributed by atoms with Gasteiger partial charge in [-0.2, -0.15) is 10.4 Å². The molecule has 0 spiro atoms. The Kier molecular flexibility index (Phi) is 11.4. The van der Waals surface area contributed by atoms with Crippen LogP contribution in [0.4, 0.5) is 5.69 Å². The van der Waals surface area contributed by atoms with Gasteiger partial charge in [0.15, 0.2) is 11.9 Å². The molecule has 0 radical (unpaired) electrons. The summed E-state index contributed by atoms with van der Waals surface area (Å²) in [6, 6.07) is 16.6. The van der Waals surface area contributed by atoms with E-state index in [9.17, 15) is 14.4 Å². The molecule has 5 rings (SSSR count). The Hall–Kier alpha value is -4.69. The van der Waals surface area contributed by atoms with Gasteiger partial charge in [-0.1, -0.05) is 68.5 Å². The maximum Gasteiger partial charge on any atom is 0.284 e. The molecule has 2 fully saturated rings. The molecule has 0 aliphatic heterocycles. The summed E-state index contributed by atoms with van der Waals surface area (Å²) in [6.07, 6.45) is 10.9.